The van der Waals surface area contributed by atoms with E-state index in [1.807, 2.05) is 0 Å². The second kappa shape index (κ2) is 4.90. The van der Waals surface area contributed by atoms with E-state index < -0.39 is 17.6 Å². The minimum atomic E-state index is -4.74. The largest absolute Gasteiger partial charge is 0.416 e. The lowest BCUT2D eigenvalue weighted by atomic mass is 10.0. The Morgan fingerprint density at radius 3 is 2.33 bits per heavy atom. The Morgan fingerprint density at radius 2 is 1.76 bits per heavy atom. The zero-order valence-electron chi connectivity index (χ0n) is 10.2. The lowest BCUT2D eigenvalue weighted by Gasteiger charge is -2.11. The molecule has 5 nitrogen and oxygen atoms in total. The summed E-state index contributed by atoms with van der Waals surface area (Å²) in [5.74, 6) is -1.75. The molecule has 1 aromatic heterocycles. The maximum absolute atomic E-state index is 13.4. The first-order valence-corrected chi connectivity index (χ1v) is 5.43. The lowest BCUT2D eigenvalue weighted by Crippen LogP contribution is -2.08. The number of nitrogens with zero attached hydrogens (tertiary/aromatic N) is 3. The molecule has 2 rings (SSSR count). The number of nitrogens with two attached hydrogens (primary N) is 2. The number of aromatic nitrogens is 2. The van der Waals surface area contributed by atoms with E-state index in [1.54, 1.807) is 6.07 Å². The van der Waals surface area contributed by atoms with E-state index in [0.717, 1.165) is 6.07 Å². The Bertz CT molecular complexity index is 749. The van der Waals surface area contributed by atoms with Gasteiger partial charge in [-0.2, -0.15) is 23.4 Å². The molecule has 4 N–H and O–H groups in total. The van der Waals surface area contributed by atoms with Crippen LogP contribution in [-0.4, -0.2) is 9.97 Å². The van der Waals surface area contributed by atoms with Crippen molar-refractivity contribution in [2.24, 2.45) is 0 Å². The molecule has 1 aromatic carbocycles. The molecule has 0 fully saturated rings. The van der Waals surface area contributed by atoms with Crippen LogP contribution in [0.1, 0.15) is 11.1 Å². The molecule has 1 heterocycles. The van der Waals surface area contributed by atoms with E-state index in [9.17, 15) is 17.6 Å². The summed E-state index contributed by atoms with van der Waals surface area (Å²) in [5, 5.41) is 8.98. The van der Waals surface area contributed by atoms with Crippen LogP contribution >= 0.6 is 0 Å². The van der Waals surface area contributed by atoms with Crippen molar-refractivity contribution in [3.63, 3.8) is 0 Å². The molecule has 0 bridgehead atoms. The van der Waals surface area contributed by atoms with Crippen LogP contribution < -0.4 is 11.5 Å². The fourth-order valence-electron chi connectivity index (χ4n) is 1.71. The van der Waals surface area contributed by atoms with Crippen molar-refractivity contribution in [3.8, 4) is 17.3 Å². The fraction of sp³-hybridized carbons (Fsp3) is 0.0833. The topological polar surface area (TPSA) is 102 Å². The quantitative estimate of drug-likeness (QED) is 0.787. The zero-order valence-corrected chi connectivity index (χ0v) is 10.2. The molecule has 0 saturated carbocycles. The SMILES string of the molecule is N#Cc1c(N)nc(N)nc1-c1cc(F)cc(C(F)(F)F)c1. The molecule has 0 aliphatic rings. The summed E-state index contributed by atoms with van der Waals surface area (Å²) in [6.07, 6.45) is -4.74. The van der Waals surface area contributed by atoms with Crippen LogP contribution in [0, 0.1) is 17.1 Å². The van der Waals surface area contributed by atoms with Gasteiger partial charge in [0.15, 0.2) is 0 Å². The number of hydrogen-bond acceptors (Lipinski definition) is 5. The second-order valence-electron chi connectivity index (χ2n) is 4.03. The molecule has 0 spiro atoms. The maximum atomic E-state index is 13.4. The Balaban J connectivity index is 2.74. The summed E-state index contributed by atoms with van der Waals surface area (Å²) in [7, 11) is 0. The van der Waals surface area contributed by atoms with Gasteiger partial charge in [0, 0.05) is 5.56 Å². The lowest BCUT2D eigenvalue weighted by molar-refractivity contribution is -0.137. The van der Waals surface area contributed by atoms with Gasteiger partial charge in [-0.3, -0.25) is 0 Å². The highest BCUT2D eigenvalue weighted by molar-refractivity contribution is 5.73. The van der Waals surface area contributed by atoms with E-state index in [4.69, 9.17) is 16.7 Å². The van der Waals surface area contributed by atoms with Gasteiger partial charge in [0.2, 0.25) is 5.95 Å². The predicted octanol–water partition coefficient (Wildman–Crippen LogP) is 2.34. The average molecular weight is 297 g/mol. The van der Waals surface area contributed by atoms with Crippen LogP contribution in [0.25, 0.3) is 11.3 Å². The van der Waals surface area contributed by atoms with E-state index in [1.165, 1.54) is 0 Å². The number of rotatable bonds is 1. The molecule has 0 aliphatic heterocycles. The van der Waals surface area contributed by atoms with E-state index in [-0.39, 0.29) is 28.6 Å². The maximum Gasteiger partial charge on any atom is 0.416 e. The van der Waals surface area contributed by atoms with Crippen LogP contribution in [0.4, 0.5) is 29.3 Å². The third-order valence-electron chi connectivity index (χ3n) is 2.56. The highest BCUT2D eigenvalue weighted by atomic mass is 19.4. The van der Waals surface area contributed by atoms with Crippen molar-refractivity contribution in [1.82, 2.24) is 9.97 Å². The van der Waals surface area contributed by atoms with Crippen molar-refractivity contribution in [3.05, 3.63) is 35.1 Å². The van der Waals surface area contributed by atoms with Crippen LogP contribution in [0.15, 0.2) is 18.2 Å². The number of anilines is 2. The number of alkyl halides is 3. The Hall–Kier alpha value is -2.89. The Labute approximate surface area is 115 Å². The van der Waals surface area contributed by atoms with Gasteiger partial charge in [-0.1, -0.05) is 0 Å². The first-order valence-electron chi connectivity index (χ1n) is 5.43. The standard InChI is InChI=1S/C12H7F4N5/c13-7-2-5(1-6(3-7)12(14,15)16)9-8(4-17)10(18)21-11(19)20-9/h1-3H,(H4,18,19,20,21). The van der Waals surface area contributed by atoms with Gasteiger partial charge in [-0.05, 0) is 18.2 Å². The minimum absolute atomic E-state index is 0.257. The van der Waals surface area contributed by atoms with Gasteiger partial charge < -0.3 is 11.5 Å². The van der Waals surface area contributed by atoms with Crippen molar-refractivity contribution in [2.45, 2.75) is 6.18 Å². The fourth-order valence-corrected chi connectivity index (χ4v) is 1.71. The van der Waals surface area contributed by atoms with Gasteiger partial charge in [-0.25, -0.2) is 9.37 Å². The van der Waals surface area contributed by atoms with Crippen molar-refractivity contribution >= 4 is 11.8 Å². The van der Waals surface area contributed by atoms with Crippen molar-refractivity contribution in [2.75, 3.05) is 11.5 Å². The van der Waals surface area contributed by atoms with E-state index in [0.29, 0.717) is 12.1 Å². The number of nitriles is 1. The normalized spacial score (nSPS) is 11.2. The predicted molar refractivity (Wildman–Crippen MR) is 66.0 cm³/mol. The zero-order chi connectivity index (χ0) is 15.8. The highest BCUT2D eigenvalue weighted by Gasteiger charge is 2.32. The molecule has 0 saturated heterocycles. The Kier molecular flexibility index (Phi) is 3.39. The van der Waals surface area contributed by atoms with Gasteiger partial charge in [-0.15, -0.1) is 0 Å². The molecule has 0 radical (unpaired) electrons. The molecule has 21 heavy (non-hydrogen) atoms. The summed E-state index contributed by atoms with van der Waals surface area (Å²) in [6, 6.07) is 3.46. The molecule has 0 unspecified atom stereocenters. The van der Waals surface area contributed by atoms with Crippen molar-refractivity contribution < 1.29 is 17.6 Å². The third-order valence-corrected chi connectivity index (χ3v) is 2.56. The molecular weight excluding hydrogens is 290 g/mol. The summed E-state index contributed by atoms with van der Waals surface area (Å²) in [6.45, 7) is 0. The number of nitrogen functional groups attached to an aromatic ring is 2. The van der Waals surface area contributed by atoms with Gasteiger partial charge in [0.05, 0.1) is 11.3 Å². The molecule has 0 atom stereocenters. The van der Waals surface area contributed by atoms with E-state index >= 15 is 0 Å². The Morgan fingerprint density at radius 1 is 1.10 bits per heavy atom. The summed E-state index contributed by atoms with van der Waals surface area (Å²) < 4.78 is 51.5. The molecule has 2 aromatic rings. The highest BCUT2D eigenvalue weighted by Crippen LogP contribution is 2.34. The van der Waals surface area contributed by atoms with E-state index in [2.05, 4.69) is 9.97 Å². The van der Waals surface area contributed by atoms with Gasteiger partial charge in [0.1, 0.15) is 23.3 Å². The van der Waals surface area contributed by atoms with Crippen LogP contribution in [0.3, 0.4) is 0 Å². The number of hydrogen-bond donors (Lipinski definition) is 2. The molecule has 108 valence electrons. The smallest absolute Gasteiger partial charge is 0.382 e. The number of halogens is 4. The summed E-state index contributed by atoms with van der Waals surface area (Å²) in [4.78, 5) is 7.20. The average Bonchev–Trinajstić information content (AvgIpc) is 2.36. The first kappa shape index (κ1) is 14.5. The summed E-state index contributed by atoms with van der Waals surface area (Å²) in [5.41, 5.74) is 8.81. The van der Waals surface area contributed by atoms with Crippen LogP contribution in [0.2, 0.25) is 0 Å². The van der Waals surface area contributed by atoms with Gasteiger partial charge >= 0.3 is 6.18 Å². The summed E-state index contributed by atoms with van der Waals surface area (Å²) >= 11 is 0. The number of benzene rings is 1. The monoisotopic (exact) mass is 297 g/mol. The van der Waals surface area contributed by atoms with Crippen molar-refractivity contribution in [1.29, 1.82) is 5.26 Å². The van der Waals surface area contributed by atoms with Crippen LogP contribution in [0.5, 0.6) is 0 Å². The second-order valence-corrected chi connectivity index (χ2v) is 4.03. The molecule has 0 amide bonds. The molecular formula is C12H7F4N5. The third kappa shape index (κ3) is 2.84. The van der Waals surface area contributed by atoms with Crippen LogP contribution in [-0.2, 0) is 6.18 Å². The first-order chi connectivity index (χ1) is 9.72. The molecule has 9 heteroatoms. The minimum Gasteiger partial charge on any atom is -0.382 e. The van der Waals surface area contributed by atoms with Gasteiger partial charge in [0.25, 0.3) is 0 Å². The molecule has 0 aliphatic carbocycles.